The molecule has 1 aromatic carbocycles. The van der Waals surface area contributed by atoms with Gasteiger partial charge in [-0.2, -0.15) is 5.10 Å². The molecule has 22 heavy (non-hydrogen) atoms. The predicted molar refractivity (Wildman–Crippen MR) is 92.3 cm³/mol. The quantitative estimate of drug-likeness (QED) is 0.644. The molecule has 0 bridgehead atoms. The van der Waals surface area contributed by atoms with Crippen molar-refractivity contribution in [3.05, 3.63) is 35.4 Å². The second-order valence-electron chi connectivity index (χ2n) is 5.54. The molecule has 118 valence electrons. The van der Waals surface area contributed by atoms with Gasteiger partial charge in [-0.15, -0.1) is 0 Å². The van der Waals surface area contributed by atoms with Gasteiger partial charge in [-0.1, -0.05) is 24.3 Å². The fourth-order valence-corrected chi connectivity index (χ4v) is 2.98. The Morgan fingerprint density at radius 3 is 2.91 bits per heavy atom. The van der Waals surface area contributed by atoms with Crippen LogP contribution in [0.4, 0.5) is 0 Å². The summed E-state index contributed by atoms with van der Waals surface area (Å²) >= 11 is 5.28. The van der Waals surface area contributed by atoms with E-state index in [9.17, 15) is 0 Å². The van der Waals surface area contributed by atoms with Gasteiger partial charge in [0.25, 0.3) is 0 Å². The fraction of sp³-hybridized carbons (Fsp3) is 0.500. The normalized spacial score (nSPS) is 19.9. The molecule has 0 spiro atoms. The molecule has 1 heterocycles. The van der Waals surface area contributed by atoms with E-state index in [1.807, 2.05) is 0 Å². The van der Waals surface area contributed by atoms with Crippen molar-refractivity contribution in [1.82, 2.24) is 15.6 Å². The molecule has 1 aliphatic carbocycles. The molecular formula is C16H22N4OS. The zero-order valence-electron chi connectivity index (χ0n) is 12.7. The van der Waals surface area contributed by atoms with E-state index in [0.29, 0.717) is 5.11 Å². The van der Waals surface area contributed by atoms with Crippen molar-refractivity contribution in [3.63, 3.8) is 0 Å². The summed E-state index contributed by atoms with van der Waals surface area (Å²) in [6.45, 7) is 5.46. The van der Waals surface area contributed by atoms with E-state index in [-0.39, 0.29) is 0 Å². The highest BCUT2D eigenvalue weighted by atomic mass is 32.1. The number of ether oxygens (including phenoxy) is 1. The maximum absolute atomic E-state index is 5.33. The number of benzene rings is 1. The standard InChI is InChI=1S/C16H22N4OS/c22-16(17-7-8-20-9-11-21-12-10-20)19-18-15-6-5-13-3-1-2-4-14(13)15/h1-4H,5-12H2,(H2,17,19,22)/b18-15-. The Labute approximate surface area is 136 Å². The van der Waals surface area contributed by atoms with Crippen molar-refractivity contribution in [2.75, 3.05) is 39.4 Å². The van der Waals surface area contributed by atoms with Crippen molar-refractivity contribution in [2.24, 2.45) is 5.10 Å². The highest BCUT2D eigenvalue weighted by molar-refractivity contribution is 7.80. The van der Waals surface area contributed by atoms with Crippen LogP contribution in [0.1, 0.15) is 17.5 Å². The fourth-order valence-electron chi connectivity index (χ4n) is 2.83. The van der Waals surface area contributed by atoms with Crippen LogP contribution in [0.5, 0.6) is 0 Å². The first kappa shape index (κ1) is 15.4. The first-order chi connectivity index (χ1) is 10.8. The summed E-state index contributed by atoms with van der Waals surface area (Å²) in [4.78, 5) is 2.37. The third-order valence-corrected chi connectivity index (χ3v) is 4.30. The predicted octanol–water partition coefficient (Wildman–Crippen LogP) is 1.13. The van der Waals surface area contributed by atoms with Gasteiger partial charge in [0.05, 0.1) is 18.9 Å². The first-order valence-corrected chi connectivity index (χ1v) is 8.22. The average Bonchev–Trinajstić information content (AvgIpc) is 2.97. The molecule has 2 N–H and O–H groups in total. The van der Waals surface area contributed by atoms with Crippen LogP contribution in [-0.4, -0.2) is 55.1 Å². The Bertz CT molecular complexity index is 555. The van der Waals surface area contributed by atoms with Gasteiger partial charge in [0.2, 0.25) is 0 Å². The Kier molecular flexibility index (Phi) is 5.37. The average molecular weight is 318 g/mol. The van der Waals surface area contributed by atoms with E-state index in [1.54, 1.807) is 0 Å². The lowest BCUT2D eigenvalue weighted by Gasteiger charge is -2.26. The molecule has 1 saturated heterocycles. The van der Waals surface area contributed by atoms with Crippen LogP contribution in [0.25, 0.3) is 0 Å². The maximum atomic E-state index is 5.33. The third kappa shape index (κ3) is 4.03. The van der Waals surface area contributed by atoms with Gasteiger partial charge in [-0.25, -0.2) is 0 Å². The van der Waals surface area contributed by atoms with Crippen LogP contribution in [0.3, 0.4) is 0 Å². The minimum absolute atomic E-state index is 0.588. The number of rotatable bonds is 4. The van der Waals surface area contributed by atoms with Crippen molar-refractivity contribution < 1.29 is 4.74 Å². The topological polar surface area (TPSA) is 48.9 Å². The molecule has 0 amide bonds. The Morgan fingerprint density at radius 2 is 2.05 bits per heavy atom. The number of aryl methyl sites for hydroxylation is 1. The molecule has 0 saturated carbocycles. The zero-order chi connectivity index (χ0) is 15.2. The Morgan fingerprint density at radius 1 is 1.23 bits per heavy atom. The van der Waals surface area contributed by atoms with Gasteiger partial charge < -0.3 is 10.1 Å². The second-order valence-corrected chi connectivity index (χ2v) is 5.95. The summed E-state index contributed by atoms with van der Waals surface area (Å²) in [5, 5.41) is 8.26. The van der Waals surface area contributed by atoms with Gasteiger partial charge >= 0.3 is 0 Å². The molecule has 5 nitrogen and oxygen atoms in total. The summed E-state index contributed by atoms with van der Waals surface area (Å²) in [5.74, 6) is 0. The van der Waals surface area contributed by atoms with E-state index in [4.69, 9.17) is 17.0 Å². The minimum Gasteiger partial charge on any atom is -0.379 e. The highest BCUT2D eigenvalue weighted by Gasteiger charge is 2.16. The van der Waals surface area contributed by atoms with E-state index < -0.39 is 0 Å². The van der Waals surface area contributed by atoms with Gasteiger partial charge in [0.15, 0.2) is 5.11 Å². The lowest BCUT2D eigenvalue weighted by Crippen LogP contribution is -2.42. The molecule has 0 atom stereocenters. The van der Waals surface area contributed by atoms with Gasteiger partial charge in [-0.05, 0) is 30.6 Å². The van der Waals surface area contributed by atoms with Crippen LogP contribution in [0.2, 0.25) is 0 Å². The molecule has 1 aliphatic heterocycles. The van der Waals surface area contributed by atoms with Crippen LogP contribution >= 0.6 is 12.2 Å². The molecular weight excluding hydrogens is 296 g/mol. The van der Waals surface area contributed by atoms with E-state index in [2.05, 4.69) is 45.0 Å². The SMILES string of the molecule is S=C(NCCN1CCOCC1)N/N=C1/CCc2ccccc21. The highest BCUT2D eigenvalue weighted by Crippen LogP contribution is 2.21. The number of thiocarbonyl (C=S) groups is 1. The molecule has 1 fully saturated rings. The number of hydrazone groups is 1. The third-order valence-electron chi connectivity index (χ3n) is 4.07. The summed E-state index contributed by atoms with van der Waals surface area (Å²) < 4.78 is 5.33. The second kappa shape index (κ2) is 7.67. The van der Waals surface area contributed by atoms with E-state index in [1.165, 1.54) is 11.1 Å². The Hall–Kier alpha value is -1.50. The lowest BCUT2D eigenvalue weighted by atomic mass is 10.1. The van der Waals surface area contributed by atoms with Crippen molar-refractivity contribution >= 4 is 23.0 Å². The van der Waals surface area contributed by atoms with E-state index in [0.717, 1.165) is 57.9 Å². The lowest BCUT2D eigenvalue weighted by molar-refractivity contribution is 0.0389. The molecule has 0 radical (unpaired) electrons. The first-order valence-electron chi connectivity index (χ1n) is 7.82. The largest absolute Gasteiger partial charge is 0.379 e. The zero-order valence-corrected chi connectivity index (χ0v) is 13.5. The van der Waals surface area contributed by atoms with E-state index >= 15 is 0 Å². The van der Waals surface area contributed by atoms with Crippen LogP contribution < -0.4 is 10.7 Å². The number of hydrogen-bond acceptors (Lipinski definition) is 4. The molecule has 3 rings (SSSR count). The number of hydrogen-bond donors (Lipinski definition) is 2. The summed E-state index contributed by atoms with van der Waals surface area (Å²) in [7, 11) is 0. The van der Waals surface area contributed by atoms with Crippen LogP contribution in [0, 0.1) is 0 Å². The van der Waals surface area contributed by atoms with Crippen molar-refractivity contribution in [1.29, 1.82) is 0 Å². The van der Waals surface area contributed by atoms with Crippen LogP contribution in [-0.2, 0) is 11.2 Å². The monoisotopic (exact) mass is 318 g/mol. The minimum atomic E-state index is 0.588. The van der Waals surface area contributed by atoms with Gasteiger partial charge in [-0.3, -0.25) is 10.3 Å². The van der Waals surface area contributed by atoms with Gasteiger partial charge in [0.1, 0.15) is 0 Å². The summed E-state index contributed by atoms with van der Waals surface area (Å²) in [6.07, 6.45) is 2.04. The smallest absolute Gasteiger partial charge is 0.187 e. The van der Waals surface area contributed by atoms with Crippen molar-refractivity contribution in [2.45, 2.75) is 12.8 Å². The molecule has 2 aliphatic rings. The number of nitrogens with zero attached hydrogens (tertiary/aromatic N) is 2. The Balaban J connectivity index is 1.42. The van der Waals surface area contributed by atoms with Crippen molar-refractivity contribution in [3.8, 4) is 0 Å². The number of morpholine rings is 1. The summed E-state index contributed by atoms with van der Waals surface area (Å²) in [5.41, 5.74) is 6.67. The summed E-state index contributed by atoms with van der Waals surface area (Å²) in [6, 6.07) is 8.42. The van der Waals surface area contributed by atoms with Gasteiger partial charge in [0, 0.05) is 31.7 Å². The van der Waals surface area contributed by atoms with Crippen LogP contribution in [0.15, 0.2) is 29.4 Å². The number of fused-ring (bicyclic) bond motifs is 1. The molecule has 0 aromatic heterocycles. The molecule has 0 unspecified atom stereocenters. The number of nitrogens with one attached hydrogen (secondary N) is 2. The molecule has 1 aromatic rings. The maximum Gasteiger partial charge on any atom is 0.187 e. The molecule has 6 heteroatoms.